The number of nitrogens with one attached hydrogen (secondary N) is 1. The third-order valence-electron chi connectivity index (χ3n) is 5.29. The summed E-state index contributed by atoms with van der Waals surface area (Å²) in [6, 6.07) is 14.5. The minimum Gasteiger partial charge on any atom is -0.493 e. The number of amides is 2. The van der Waals surface area contributed by atoms with E-state index >= 15 is 0 Å². The van der Waals surface area contributed by atoms with Crippen LogP contribution in [0.1, 0.15) is 24.0 Å². The number of rotatable bonds is 10. The van der Waals surface area contributed by atoms with Crippen LogP contribution < -0.4 is 14.8 Å². The van der Waals surface area contributed by atoms with E-state index in [-0.39, 0.29) is 11.8 Å². The molecule has 1 aliphatic rings. The van der Waals surface area contributed by atoms with Gasteiger partial charge in [-0.3, -0.25) is 9.59 Å². The van der Waals surface area contributed by atoms with E-state index in [1.165, 1.54) is 6.08 Å². The average Bonchev–Trinajstić information content (AvgIpc) is 3.36. The van der Waals surface area contributed by atoms with Gasteiger partial charge in [0.1, 0.15) is 12.6 Å². The number of nitrogens with zero attached hydrogens (tertiary/aromatic N) is 1. The van der Waals surface area contributed by atoms with Crippen molar-refractivity contribution >= 4 is 17.9 Å². The number of benzene rings is 2. The van der Waals surface area contributed by atoms with Crippen LogP contribution in [0.4, 0.5) is 0 Å². The van der Waals surface area contributed by atoms with E-state index in [4.69, 9.17) is 9.47 Å². The van der Waals surface area contributed by atoms with Gasteiger partial charge in [0, 0.05) is 25.6 Å². The maximum atomic E-state index is 13.0. The highest BCUT2D eigenvalue weighted by molar-refractivity contribution is 5.95. The van der Waals surface area contributed by atoms with Gasteiger partial charge in [0.25, 0.3) is 0 Å². The Balaban J connectivity index is 1.69. The molecule has 0 unspecified atom stereocenters. The lowest BCUT2D eigenvalue weighted by atomic mass is 10.0. The van der Waals surface area contributed by atoms with Gasteiger partial charge >= 0.3 is 0 Å². The summed E-state index contributed by atoms with van der Waals surface area (Å²) in [6.07, 6.45) is 7.26. The number of methoxy groups -OCH3 is 1. The molecular formula is C26H30N2O4. The third kappa shape index (κ3) is 6.48. The fraction of sp³-hybridized carbons (Fsp3) is 0.308. The SMILES string of the molecule is C=CCOc1ccc(/C=C/C(=O)N[C@@H](Cc2ccccc2)C(=O)N2CCCC2)cc1OC. The molecule has 32 heavy (non-hydrogen) atoms. The molecule has 1 fully saturated rings. The molecule has 0 saturated carbocycles. The van der Waals surface area contributed by atoms with Crippen LogP contribution in [0.15, 0.2) is 67.3 Å². The molecule has 2 aromatic rings. The molecule has 6 heteroatoms. The van der Waals surface area contributed by atoms with Gasteiger partial charge < -0.3 is 19.7 Å². The quantitative estimate of drug-likeness (QED) is 0.458. The van der Waals surface area contributed by atoms with Gasteiger partial charge in [0.15, 0.2) is 11.5 Å². The zero-order valence-electron chi connectivity index (χ0n) is 18.5. The summed E-state index contributed by atoms with van der Waals surface area (Å²) < 4.78 is 10.9. The molecule has 1 aliphatic heterocycles. The second-order valence-corrected chi connectivity index (χ2v) is 7.63. The van der Waals surface area contributed by atoms with Crippen LogP contribution in [0, 0.1) is 0 Å². The van der Waals surface area contributed by atoms with Crippen LogP contribution in [0.25, 0.3) is 6.08 Å². The van der Waals surface area contributed by atoms with Crippen molar-refractivity contribution < 1.29 is 19.1 Å². The predicted molar refractivity (Wildman–Crippen MR) is 126 cm³/mol. The van der Waals surface area contributed by atoms with Gasteiger partial charge in [-0.15, -0.1) is 0 Å². The maximum Gasteiger partial charge on any atom is 0.245 e. The van der Waals surface area contributed by atoms with E-state index in [2.05, 4.69) is 11.9 Å². The average molecular weight is 435 g/mol. The number of ether oxygens (including phenoxy) is 2. The van der Waals surface area contributed by atoms with Crippen LogP contribution in [-0.4, -0.2) is 49.6 Å². The van der Waals surface area contributed by atoms with Gasteiger partial charge in [0.2, 0.25) is 11.8 Å². The number of likely N-dealkylation sites (tertiary alicyclic amines) is 1. The van der Waals surface area contributed by atoms with Crippen LogP contribution in [0.5, 0.6) is 11.5 Å². The van der Waals surface area contributed by atoms with Gasteiger partial charge in [-0.1, -0.05) is 49.1 Å². The minimum absolute atomic E-state index is 0.0292. The first kappa shape index (κ1) is 23.1. The molecule has 6 nitrogen and oxygen atoms in total. The summed E-state index contributed by atoms with van der Waals surface area (Å²) in [5, 5.41) is 2.90. The largest absolute Gasteiger partial charge is 0.493 e. The third-order valence-corrected chi connectivity index (χ3v) is 5.29. The molecule has 2 amide bonds. The van der Waals surface area contributed by atoms with Crippen molar-refractivity contribution in [1.29, 1.82) is 0 Å². The first-order valence-electron chi connectivity index (χ1n) is 10.8. The number of carbonyl (C=O) groups is 2. The molecule has 0 aliphatic carbocycles. The molecular weight excluding hydrogens is 404 g/mol. The van der Waals surface area contributed by atoms with E-state index in [9.17, 15) is 9.59 Å². The lowest BCUT2D eigenvalue weighted by Gasteiger charge is -2.23. The molecule has 0 radical (unpaired) electrons. The Morgan fingerprint density at radius 3 is 2.56 bits per heavy atom. The van der Waals surface area contributed by atoms with E-state index in [0.29, 0.717) is 24.5 Å². The lowest BCUT2D eigenvalue weighted by molar-refractivity contribution is -0.134. The zero-order chi connectivity index (χ0) is 22.8. The Hall–Kier alpha value is -3.54. The van der Waals surface area contributed by atoms with E-state index in [1.807, 2.05) is 41.3 Å². The van der Waals surface area contributed by atoms with Crippen molar-refractivity contribution in [2.75, 3.05) is 26.8 Å². The van der Waals surface area contributed by atoms with Crippen molar-refractivity contribution in [2.24, 2.45) is 0 Å². The van der Waals surface area contributed by atoms with Gasteiger partial charge in [-0.2, -0.15) is 0 Å². The van der Waals surface area contributed by atoms with Crippen molar-refractivity contribution in [3.8, 4) is 11.5 Å². The van der Waals surface area contributed by atoms with Crippen molar-refractivity contribution in [1.82, 2.24) is 10.2 Å². The first-order valence-corrected chi connectivity index (χ1v) is 10.8. The number of carbonyl (C=O) groups excluding carboxylic acids is 2. The van der Waals surface area contributed by atoms with Gasteiger partial charge in [0.05, 0.1) is 7.11 Å². The Labute approximate surface area is 189 Å². The summed E-state index contributed by atoms with van der Waals surface area (Å²) >= 11 is 0. The Morgan fingerprint density at radius 1 is 1.12 bits per heavy atom. The molecule has 1 heterocycles. The molecule has 168 valence electrons. The fourth-order valence-corrected chi connectivity index (χ4v) is 3.66. The predicted octanol–water partition coefficient (Wildman–Crippen LogP) is 3.62. The Kier molecular flexibility index (Phi) is 8.49. The molecule has 0 spiro atoms. The molecule has 2 aromatic carbocycles. The molecule has 1 atom stereocenters. The van der Waals surface area contributed by atoms with Crippen molar-refractivity contribution in [3.05, 3.63) is 78.4 Å². The van der Waals surface area contributed by atoms with Gasteiger partial charge in [-0.25, -0.2) is 0 Å². The molecule has 0 aromatic heterocycles. The number of hydrogen-bond acceptors (Lipinski definition) is 4. The first-order chi connectivity index (χ1) is 15.6. The maximum absolute atomic E-state index is 13.0. The highest BCUT2D eigenvalue weighted by Gasteiger charge is 2.27. The van der Waals surface area contributed by atoms with E-state index in [0.717, 1.165) is 37.1 Å². The highest BCUT2D eigenvalue weighted by Crippen LogP contribution is 2.28. The molecule has 3 rings (SSSR count). The monoisotopic (exact) mass is 434 g/mol. The normalized spacial score (nSPS) is 14.2. The zero-order valence-corrected chi connectivity index (χ0v) is 18.5. The lowest BCUT2D eigenvalue weighted by Crippen LogP contribution is -2.48. The van der Waals surface area contributed by atoms with Gasteiger partial charge in [-0.05, 0) is 42.2 Å². The smallest absolute Gasteiger partial charge is 0.245 e. The summed E-state index contributed by atoms with van der Waals surface area (Å²) in [5.41, 5.74) is 1.79. The molecule has 1 saturated heterocycles. The van der Waals surface area contributed by atoms with Crippen molar-refractivity contribution in [3.63, 3.8) is 0 Å². The molecule has 1 N–H and O–H groups in total. The summed E-state index contributed by atoms with van der Waals surface area (Å²) in [5.74, 6) is 0.830. The minimum atomic E-state index is -0.600. The Bertz CT molecular complexity index is 950. The molecule has 0 bridgehead atoms. The van der Waals surface area contributed by atoms with Crippen LogP contribution in [0.2, 0.25) is 0 Å². The highest BCUT2D eigenvalue weighted by atomic mass is 16.5. The second kappa shape index (κ2) is 11.7. The topological polar surface area (TPSA) is 67.9 Å². The second-order valence-electron chi connectivity index (χ2n) is 7.63. The van der Waals surface area contributed by atoms with Crippen LogP contribution in [0.3, 0.4) is 0 Å². The summed E-state index contributed by atoms with van der Waals surface area (Å²) in [7, 11) is 1.56. The van der Waals surface area contributed by atoms with E-state index in [1.54, 1.807) is 31.4 Å². The standard InChI is InChI=1S/C26H30N2O4/c1-3-17-32-23-13-11-21(19-24(23)31-2)12-14-25(29)27-22(18-20-9-5-4-6-10-20)26(30)28-15-7-8-16-28/h3-6,9-14,19,22H,1,7-8,15-18H2,2H3,(H,27,29)/b14-12+/t22-/m0/s1. The van der Waals surface area contributed by atoms with Crippen LogP contribution >= 0.6 is 0 Å². The fourth-order valence-electron chi connectivity index (χ4n) is 3.66. The van der Waals surface area contributed by atoms with Crippen molar-refractivity contribution in [2.45, 2.75) is 25.3 Å². The summed E-state index contributed by atoms with van der Waals surface area (Å²) in [6.45, 7) is 5.51. The Morgan fingerprint density at radius 2 is 1.88 bits per heavy atom. The van der Waals surface area contributed by atoms with E-state index < -0.39 is 6.04 Å². The number of hydrogen-bond donors (Lipinski definition) is 1. The van der Waals surface area contributed by atoms with Crippen LogP contribution in [-0.2, 0) is 16.0 Å². The summed E-state index contributed by atoms with van der Waals surface area (Å²) in [4.78, 5) is 27.5.